The fourth-order valence-electron chi connectivity index (χ4n) is 3.49. The molecule has 0 spiro atoms. The Kier molecular flexibility index (Phi) is 5.05. The van der Waals surface area contributed by atoms with Crippen LogP contribution in [0, 0.1) is 16.0 Å². The third-order valence-electron chi connectivity index (χ3n) is 4.92. The van der Waals surface area contributed by atoms with Crippen LogP contribution in [0.2, 0.25) is 0 Å². The monoisotopic (exact) mass is 367 g/mol. The van der Waals surface area contributed by atoms with Crippen molar-refractivity contribution in [1.29, 1.82) is 0 Å². The normalized spacial score (nSPS) is 19.9. The van der Waals surface area contributed by atoms with E-state index in [9.17, 15) is 23.3 Å². The Morgan fingerprint density at radius 3 is 2.36 bits per heavy atom. The van der Waals surface area contributed by atoms with E-state index in [1.807, 2.05) is 0 Å². The van der Waals surface area contributed by atoms with Gasteiger partial charge in [0, 0.05) is 44.2 Å². The Labute approximate surface area is 146 Å². The number of amides is 1. The number of hydrogen-bond donors (Lipinski definition) is 0. The number of hydrogen-bond acceptors (Lipinski definition) is 5. The number of nitrogens with zero attached hydrogens (tertiary/aromatic N) is 3. The SMILES string of the molecule is O=C(C1CCCC1)N1CCN(S(=O)(=O)c2cccc([N+](=O)[O-])c2)CC1. The molecule has 0 unspecified atom stereocenters. The summed E-state index contributed by atoms with van der Waals surface area (Å²) in [6.45, 7) is 1.15. The summed E-state index contributed by atoms with van der Waals surface area (Å²) in [5.74, 6) is 0.213. The molecule has 1 aliphatic heterocycles. The average molecular weight is 367 g/mol. The van der Waals surface area contributed by atoms with Crippen molar-refractivity contribution in [3.63, 3.8) is 0 Å². The Balaban J connectivity index is 1.68. The first-order chi connectivity index (χ1) is 11.9. The maximum Gasteiger partial charge on any atom is 0.270 e. The van der Waals surface area contributed by atoms with Crippen LogP contribution in [0.25, 0.3) is 0 Å². The summed E-state index contributed by atoms with van der Waals surface area (Å²) in [5, 5.41) is 10.9. The molecule has 136 valence electrons. The van der Waals surface area contributed by atoms with Crippen LogP contribution in [0.15, 0.2) is 29.2 Å². The van der Waals surface area contributed by atoms with Crippen LogP contribution in [0.1, 0.15) is 25.7 Å². The Bertz CT molecular complexity index is 766. The number of rotatable bonds is 4. The lowest BCUT2D eigenvalue weighted by Crippen LogP contribution is -2.51. The van der Waals surface area contributed by atoms with Gasteiger partial charge in [0.1, 0.15) is 0 Å². The van der Waals surface area contributed by atoms with Gasteiger partial charge in [0.2, 0.25) is 15.9 Å². The molecule has 1 amide bonds. The second kappa shape index (κ2) is 7.09. The summed E-state index contributed by atoms with van der Waals surface area (Å²) < 4.78 is 26.7. The average Bonchev–Trinajstić information content (AvgIpc) is 3.16. The van der Waals surface area contributed by atoms with Gasteiger partial charge in [-0.15, -0.1) is 0 Å². The van der Waals surface area contributed by atoms with Crippen molar-refractivity contribution >= 4 is 21.6 Å². The molecule has 1 saturated heterocycles. The molecule has 2 aliphatic rings. The maximum absolute atomic E-state index is 12.7. The molecule has 1 aromatic rings. The fourth-order valence-corrected chi connectivity index (χ4v) is 4.95. The third-order valence-corrected chi connectivity index (χ3v) is 6.82. The van der Waals surface area contributed by atoms with Crippen molar-refractivity contribution in [2.24, 2.45) is 5.92 Å². The van der Waals surface area contributed by atoms with Gasteiger partial charge >= 0.3 is 0 Å². The second-order valence-electron chi connectivity index (χ2n) is 6.47. The van der Waals surface area contributed by atoms with Crippen molar-refractivity contribution in [2.75, 3.05) is 26.2 Å². The standard InChI is InChI=1S/C16H21N3O5S/c20-16(13-4-1-2-5-13)17-8-10-18(11-9-17)25(23,24)15-7-3-6-14(12-15)19(21)22/h3,6-7,12-13H,1-2,4-5,8-11H2. The molecule has 2 fully saturated rings. The molecule has 0 N–H and O–H groups in total. The zero-order valence-corrected chi connectivity index (χ0v) is 14.7. The van der Waals surface area contributed by atoms with E-state index in [1.54, 1.807) is 4.90 Å². The van der Waals surface area contributed by atoms with Gasteiger partial charge in [-0.05, 0) is 18.9 Å². The molecule has 9 heteroatoms. The van der Waals surface area contributed by atoms with Gasteiger partial charge in [-0.1, -0.05) is 18.9 Å². The molecule has 0 aromatic heterocycles. The highest BCUT2D eigenvalue weighted by atomic mass is 32.2. The number of carbonyl (C=O) groups excluding carboxylic acids is 1. The van der Waals surface area contributed by atoms with E-state index in [-0.39, 0.29) is 35.5 Å². The molecule has 1 aliphatic carbocycles. The zero-order chi connectivity index (χ0) is 18.0. The van der Waals surface area contributed by atoms with Crippen LogP contribution >= 0.6 is 0 Å². The zero-order valence-electron chi connectivity index (χ0n) is 13.8. The molecular weight excluding hydrogens is 346 g/mol. The van der Waals surface area contributed by atoms with Gasteiger partial charge in [0.05, 0.1) is 9.82 Å². The van der Waals surface area contributed by atoms with Gasteiger partial charge in [-0.2, -0.15) is 4.31 Å². The van der Waals surface area contributed by atoms with E-state index in [1.165, 1.54) is 22.5 Å². The molecule has 0 radical (unpaired) electrons. The minimum Gasteiger partial charge on any atom is -0.340 e. The third kappa shape index (κ3) is 3.67. The van der Waals surface area contributed by atoms with Gasteiger partial charge in [0.25, 0.3) is 5.69 Å². The topological polar surface area (TPSA) is 101 Å². The van der Waals surface area contributed by atoms with Crippen molar-refractivity contribution in [3.8, 4) is 0 Å². The van der Waals surface area contributed by atoms with Gasteiger partial charge in [0.15, 0.2) is 0 Å². The van der Waals surface area contributed by atoms with E-state index in [4.69, 9.17) is 0 Å². The largest absolute Gasteiger partial charge is 0.340 e. The number of benzene rings is 1. The Hall–Kier alpha value is -2.00. The summed E-state index contributed by atoms with van der Waals surface area (Å²) in [7, 11) is -3.80. The molecule has 8 nitrogen and oxygen atoms in total. The van der Waals surface area contributed by atoms with E-state index in [2.05, 4.69) is 0 Å². The minimum absolute atomic E-state index is 0.0833. The van der Waals surface area contributed by atoms with Crippen molar-refractivity contribution < 1.29 is 18.1 Å². The fraction of sp³-hybridized carbons (Fsp3) is 0.562. The lowest BCUT2D eigenvalue weighted by molar-refractivity contribution is -0.385. The van der Waals surface area contributed by atoms with Crippen LogP contribution in [-0.4, -0.2) is 54.6 Å². The number of carbonyl (C=O) groups is 1. The van der Waals surface area contributed by atoms with Crippen LogP contribution in [0.3, 0.4) is 0 Å². The van der Waals surface area contributed by atoms with Crippen LogP contribution in [0.5, 0.6) is 0 Å². The quantitative estimate of drug-likeness (QED) is 0.594. The first-order valence-corrected chi connectivity index (χ1v) is 9.87. The van der Waals surface area contributed by atoms with E-state index in [0.717, 1.165) is 31.7 Å². The van der Waals surface area contributed by atoms with E-state index >= 15 is 0 Å². The first kappa shape index (κ1) is 17.8. The minimum atomic E-state index is -3.80. The van der Waals surface area contributed by atoms with Crippen LogP contribution in [0.4, 0.5) is 5.69 Å². The van der Waals surface area contributed by atoms with E-state index < -0.39 is 14.9 Å². The number of nitro groups is 1. The van der Waals surface area contributed by atoms with Gasteiger partial charge in [-0.25, -0.2) is 8.42 Å². The Morgan fingerprint density at radius 2 is 1.76 bits per heavy atom. The molecule has 1 aromatic carbocycles. The molecule has 25 heavy (non-hydrogen) atoms. The summed E-state index contributed by atoms with van der Waals surface area (Å²) >= 11 is 0. The second-order valence-corrected chi connectivity index (χ2v) is 8.40. The summed E-state index contributed by atoms with van der Waals surface area (Å²) in [6, 6.07) is 5.06. The summed E-state index contributed by atoms with van der Waals surface area (Å²) in [4.78, 5) is 24.3. The molecule has 3 rings (SSSR count). The number of piperazine rings is 1. The number of sulfonamides is 1. The smallest absolute Gasteiger partial charge is 0.270 e. The van der Waals surface area contributed by atoms with Crippen molar-refractivity contribution in [2.45, 2.75) is 30.6 Å². The Morgan fingerprint density at radius 1 is 1.12 bits per heavy atom. The van der Waals surface area contributed by atoms with Crippen molar-refractivity contribution in [3.05, 3.63) is 34.4 Å². The summed E-state index contributed by atoms with van der Waals surface area (Å²) in [6.07, 6.45) is 4.01. The molecule has 1 heterocycles. The first-order valence-electron chi connectivity index (χ1n) is 8.43. The predicted molar refractivity (Wildman–Crippen MR) is 90.4 cm³/mol. The van der Waals surface area contributed by atoms with Crippen LogP contribution in [-0.2, 0) is 14.8 Å². The van der Waals surface area contributed by atoms with Gasteiger partial charge in [-0.3, -0.25) is 14.9 Å². The lowest BCUT2D eigenvalue weighted by Gasteiger charge is -2.35. The number of nitro benzene ring substituents is 1. The highest BCUT2D eigenvalue weighted by molar-refractivity contribution is 7.89. The highest BCUT2D eigenvalue weighted by Crippen LogP contribution is 2.28. The lowest BCUT2D eigenvalue weighted by atomic mass is 10.1. The predicted octanol–water partition coefficient (Wildman–Crippen LogP) is 1.62. The highest BCUT2D eigenvalue weighted by Gasteiger charge is 2.33. The van der Waals surface area contributed by atoms with Gasteiger partial charge < -0.3 is 4.90 Å². The van der Waals surface area contributed by atoms with Crippen molar-refractivity contribution in [1.82, 2.24) is 9.21 Å². The summed E-state index contributed by atoms with van der Waals surface area (Å²) in [5.41, 5.74) is -0.254. The van der Waals surface area contributed by atoms with Crippen LogP contribution < -0.4 is 0 Å². The maximum atomic E-state index is 12.7. The molecule has 0 bridgehead atoms. The molecule has 0 atom stereocenters. The molecule has 1 saturated carbocycles. The van der Waals surface area contributed by atoms with E-state index in [0.29, 0.717) is 13.1 Å². The number of non-ortho nitro benzene ring substituents is 1. The molecular formula is C16H21N3O5S.